The van der Waals surface area contributed by atoms with E-state index in [0.717, 1.165) is 17.0 Å². The van der Waals surface area contributed by atoms with E-state index in [9.17, 15) is 9.59 Å². The lowest BCUT2D eigenvalue weighted by Gasteiger charge is -2.05. The van der Waals surface area contributed by atoms with E-state index >= 15 is 0 Å². The Balaban J connectivity index is 2.13. The van der Waals surface area contributed by atoms with Crippen molar-refractivity contribution >= 4 is 33.3 Å². The van der Waals surface area contributed by atoms with Gasteiger partial charge >= 0.3 is 5.97 Å². The highest BCUT2D eigenvalue weighted by atomic mass is 32.1. The van der Waals surface area contributed by atoms with E-state index in [2.05, 4.69) is 20.6 Å². The molecule has 8 nitrogen and oxygen atoms in total. The van der Waals surface area contributed by atoms with E-state index in [1.807, 2.05) is 6.92 Å². The molecule has 0 amide bonds. The van der Waals surface area contributed by atoms with Gasteiger partial charge in [-0.3, -0.25) is 15.3 Å². The van der Waals surface area contributed by atoms with Crippen LogP contribution in [-0.4, -0.2) is 30.9 Å². The molecule has 0 saturated heterocycles. The molecular weight excluding hydrogens is 294 g/mol. The summed E-state index contributed by atoms with van der Waals surface area (Å²) in [4.78, 5) is 28.2. The average molecular weight is 305 g/mol. The summed E-state index contributed by atoms with van der Waals surface area (Å²) in [6.07, 6.45) is 1.32. The summed E-state index contributed by atoms with van der Waals surface area (Å²) in [7, 11) is 0. The molecule has 0 aliphatic rings. The molecule has 21 heavy (non-hydrogen) atoms. The van der Waals surface area contributed by atoms with Crippen LogP contribution in [0.25, 0.3) is 10.2 Å². The van der Waals surface area contributed by atoms with Crippen molar-refractivity contribution in [1.29, 1.82) is 0 Å². The molecule has 3 aromatic rings. The molecule has 9 heteroatoms. The second-order valence-electron chi connectivity index (χ2n) is 4.51. The van der Waals surface area contributed by atoms with Crippen LogP contribution in [0.1, 0.15) is 20.9 Å². The van der Waals surface area contributed by atoms with Gasteiger partial charge in [0.05, 0.1) is 5.39 Å². The van der Waals surface area contributed by atoms with Crippen LogP contribution >= 0.6 is 11.3 Å². The number of aromatic carboxylic acids is 1. The zero-order valence-electron chi connectivity index (χ0n) is 11.2. The fraction of sp³-hybridized carbons (Fsp3) is 0.167. The molecule has 0 fully saturated rings. The number of nitrogens with zero attached hydrogens (tertiary/aromatic N) is 3. The van der Waals surface area contributed by atoms with Gasteiger partial charge in [0.2, 0.25) is 0 Å². The maximum atomic E-state index is 12.4. The first-order valence-corrected chi connectivity index (χ1v) is 6.82. The van der Waals surface area contributed by atoms with Gasteiger partial charge in [-0.2, -0.15) is 5.10 Å². The maximum Gasteiger partial charge on any atom is 0.346 e. The summed E-state index contributed by atoms with van der Waals surface area (Å²) in [5, 5.41) is 16.1. The number of H-pyrrole nitrogens is 1. The summed E-state index contributed by atoms with van der Waals surface area (Å²) >= 11 is 0.992. The van der Waals surface area contributed by atoms with Crippen molar-refractivity contribution in [2.75, 3.05) is 5.43 Å². The summed E-state index contributed by atoms with van der Waals surface area (Å²) in [6.45, 7) is 3.44. The summed E-state index contributed by atoms with van der Waals surface area (Å²) in [5.41, 5.74) is 3.72. The highest BCUT2D eigenvalue weighted by Gasteiger charge is 2.18. The number of nitrogens with one attached hydrogen (secondary N) is 2. The highest BCUT2D eigenvalue weighted by molar-refractivity contribution is 7.20. The molecule has 3 aromatic heterocycles. The summed E-state index contributed by atoms with van der Waals surface area (Å²) in [6, 6.07) is 1.74. The largest absolute Gasteiger partial charge is 0.477 e. The number of carboxylic acid groups (broad SMARTS) is 1. The average Bonchev–Trinajstić information content (AvgIpc) is 2.97. The Bertz CT molecular complexity index is 907. The van der Waals surface area contributed by atoms with Gasteiger partial charge in [0.25, 0.3) is 5.56 Å². The number of carbonyl (C=O) groups is 1. The lowest BCUT2D eigenvalue weighted by Crippen LogP contribution is -2.26. The second kappa shape index (κ2) is 4.70. The van der Waals surface area contributed by atoms with Gasteiger partial charge in [0.15, 0.2) is 5.82 Å². The number of aromatic nitrogens is 4. The van der Waals surface area contributed by atoms with E-state index in [4.69, 9.17) is 5.11 Å². The first kappa shape index (κ1) is 13.3. The van der Waals surface area contributed by atoms with Gasteiger partial charge in [-0.25, -0.2) is 14.5 Å². The van der Waals surface area contributed by atoms with E-state index in [1.54, 1.807) is 13.0 Å². The Kier molecular flexibility index (Phi) is 2.98. The molecule has 0 bridgehead atoms. The zero-order valence-corrected chi connectivity index (χ0v) is 12.0. The lowest BCUT2D eigenvalue weighted by molar-refractivity contribution is 0.0701. The normalized spacial score (nSPS) is 11.0. The molecular formula is C12H11N5O3S. The molecule has 0 aliphatic carbocycles. The van der Waals surface area contributed by atoms with Crippen molar-refractivity contribution < 1.29 is 9.90 Å². The van der Waals surface area contributed by atoms with Gasteiger partial charge < -0.3 is 5.11 Å². The predicted octanol–water partition coefficient (Wildman–Crippen LogP) is 1.37. The Morgan fingerprint density at radius 2 is 2.24 bits per heavy atom. The number of carboxylic acids is 1. The van der Waals surface area contributed by atoms with Crippen molar-refractivity contribution in [1.82, 2.24) is 19.9 Å². The number of fused-ring (bicyclic) bond motifs is 1. The Hall–Kier alpha value is -2.68. The number of aryl methyl sites for hydroxylation is 2. The van der Waals surface area contributed by atoms with Crippen LogP contribution in [0.3, 0.4) is 0 Å². The highest BCUT2D eigenvalue weighted by Crippen LogP contribution is 2.26. The molecule has 0 radical (unpaired) electrons. The Morgan fingerprint density at radius 1 is 1.48 bits per heavy atom. The van der Waals surface area contributed by atoms with Gasteiger partial charge in [0.1, 0.15) is 16.0 Å². The monoisotopic (exact) mass is 305 g/mol. The minimum atomic E-state index is -1.06. The fourth-order valence-electron chi connectivity index (χ4n) is 2.01. The second-order valence-corrected chi connectivity index (χ2v) is 5.51. The molecule has 3 rings (SSSR count). The van der Waals surface area contributed by atoms with Gasteiger partial charge in [0, 0.05) is 11.8 Å². The summed E-state index contributed by atoms with van der Waals surface area (Å²) < 4.78 is 1.18. The molecule has 3 heterocycles. The van der Waals surface area contributed by atoms with E-state index in [-0.39, 0.29) is 10.4 Å². The van der Waals surface area contributed by atoms with Crippen molar-refractivity contribution in [3.05, 3.63) is 38.9 Å². The van der Waals surface area contributed by atoms with Crippen LogP contribution in [0.15, 0.2) is 17.2 Å². The van der Waals surface area contributed by atoms with Crippen molar-refractivity contribution in [3.63, 3.8) is 0 Å². The number of aromatic amines is 1. The molecule has 108 valence electrons. The first-order valence-electron chi connectivity index (χ1n) is 6.00. The molecule has 0 saturated carbocycles. The lowest BCUT2D eigenvalue weighted by atomic mass is 10.2. The Morgan fingerprint density at radius 3 is 2.86 bits per heavy atom. The van der Waals surface area contributed by atoms with E-state index in [1.165, 1.54) is 11.0 Å². The van der Waals surface area contributed by atoms with Crippen LogP contribution in [0.4, 0.5) is 5.82 Å². The van der Waals surface area contributed by atoms with Crippen molar-refractivity contribution in [3.8, 4) is 0 Å². The van der Waals surface area contributed by atoms with Crippen LogP contribution in [0.2, 0.25) is 0 Å². The minimum Gasteiger partial charge on any atom is -0.477 e. The number of thiophene rings is 1. The standard InChI is InChI=1S/C12H11N5O3S/c1-5-3-7(15-14-5)16-17-4-13-10-8(11(17)18)6(2)9(21-10)12(19)20/h3-4H,1-2H3,(H,19,20)(H2,14,15,16). The van der Waals surface area contributed by atoms with Crippen LogP contribution in [0.5, 0.6) is 0 Å². The van der Waals surface area contributed by atoms with Gasteiger partial charge in [-0.1, -0.05) is 0 Å². The quantitative estimate of drug-likeness (QED) is 0.673. The minimum absolute atomic E-state index is 0.128. The van der Waals surface area contributed by atoms with Gasteiger partial charge in [-0.15, -0.1) is 11.3 Å². The number of anilines is 1. The van der Waals surface area contributed by atoms with Crippen LogP contribution in [0, 0.1) is 13.8 Å². The third-order valence-corrected chi connectivity index (χ3v) is 4.17. The Labute approximate surface area is 122 Å². The van der Waals surface area contributed by atoms with E-state index < -0.39 is 5.97 Å². The number of hydrogen-bond donors (Lipinski definition) is 3. The SMILES string of the molecule is Cc1cc(Nn2cnc3sc(C(=O)O)c(C)c3c2=O)n[nH]1. The smallest absolute Gasteiger partial charge is 0.346 e. The van der Waals surface area contributed by atoms with E-state index in [0.29, 0.717) is 21.6 Å². The fourth-order valence-corrected chi connectivity index (χ4v) is 2.98. The molecule has 0 aromatic carbocycles. The molecule has 0 aliphatic heterocycles. The predicted molar refractivity (Wildman–Crippen MR) is 77.9 cm³/mol. The van der Waals surface area contributed by atoms with Crippen LogP contribution < -0.4 is 11.0 Å². The number of hydrogen-bond acceptors (Lipinski definition) is 6. The molecule has 0 atom stereocenters. The molecule has 3 N–H and O–H groups in total. The third kappa shape index (κ3) is 2.17. The number of rotatable bonds is 3. The first-order chi connectivity index (χ1) is 9.97. The summed E-state index contributed by atoms with van der Waals surface area (Å²) in [5.74, 6) is -0.584. The zero-order chi connectivity index (χ0) is 15.1. The molecule has 0 spiro atoms. The van der Waals surface area contributed by atoms with Gasteiger partial charge in [-0.05, 0) is 19.4 Å². The van der Waals surface area contributed by atoms with Crippen molar-refractivity contribution in [2.24, 2.45) is 0 Å². The topological polar surface area (TPSA) is 113 Å². The maximum absolute atomic E-state index is 12.4. The van der Waals surface area contributed by atoms with Crippen molar-refractivity contribution in [2.45, 2.75) is 13.8 Å². The third-order valence-electron chi connectivity index (χ3n) is 2.99. The van der Waals surface area contributed by atoms with Crippen LogP contribution in [-0.2, 0) is 0 Å². The molecule has 0 unspecified atom stereocenters.